The number of benzene rings is 1. The zero-order valence-electron chi connectivity index (χ0n) is 16.8. The van der Waals surface area contributed by atoms with Crippen LogP contribution in [0.4, 0.5) is 0 Å². The van der Waals surface area contributed by atoms with Crippen molar-refractivity contribution in [3.8, 4) is 5.88 Å². The van der Waals surface area contributed by atoms with E-state index >= 15 is 0 Å². The van der Waals surface area contributed by atoms with E-state index in [1.54, 1.807) is 6.08 Å². The van der Waals surface area contributed by atoms with Crippen molar-refractivity contribution in [2.24, 2.45) is 0 Å². The quantitative estimate of drug-likeness (QED) is 0.296. The Morgan fingerprint density at radius 2 is 2.04 bits per heavy atom. The van der Waals surface area contributed by atoms with Gasteiger partial charge in [0.05, 0.1) is 11.6 Å². The molecule has 3 heteroatoms. The van der Waals surface area contributed by atoms with E-state index < -0.39 is 0 Å². The second-order valence-electron chi connectivity index (χ2n) is 6.92. The SMILES string of the molecule is C=CCOc1ccc2cc(C=CCCCC(C)OCCCCC)ccc2n1. The minimum absolute atomic E-state index is 0.361. The number of fused-ring (bicyclic) bond motifs is 1. The molecule has 2 aromatic rings. The number of hydrogen-bond acceptors (Lipinski definition) is 3. The smallest absolute Gasteiger partial charge is 0.214 e. The number of ether oxygens (including phenoxy) is 2. The van der Waals surface area contributed by atoms with Gasteiger partial charge in [-0.3, -0.25) is 0 Å². The summed E-state index contributed by atoms with van der Waals surface area (Å²) in [5, 5.41) is 1.12. The van der Waals surface area contributed by atoms with Gasteiger partial charge in [-0.15, -0.1) is 0 Å². The summed E-state index contributed by atoms with van der Waals surface area (Å²) in [5.41, 5.74) is 2.15. The highest BCUT2D eigenvalue weighted by Crippen LogP contribution is 2.19. The van der Waals surface area contributed by atoms with Crippen LogP contribution in [0.2, 0.25) is 0 Å². The molecule has 1 atom stereocenters. The topological polar surface area (TPSA) is 31.4 Å². The van der Waals surface area contributed by atoms with Crippen LogP contribution in [0.5, 0.6) is 5.88 Å². The summed E-state index contributed by atoms with van der Waals surface area (Å²) in [4.78, 5) is 4.51. The highest BCUT2D eigenvalue weighted by atomic mass is 16.5. The van der Waals surface area contributed by atoms with Crippen LogP contribution >= 0.6 is 0 Å². The molecule has 1 aromatic heterocycles. The maximum atomic E-state index is 5.84. The Morgan fingerprint density at radius 3 is 2.85 bits per heavy atom. The first-order chi connectivity index (χ1) is 13.2. The van der Waals surface area contributed by atoms with Crippen LogP contribution in [0.1, 0.15) is 57.9 Å². The lowest BCUT2D eigenvalue weighted by Crippen LogP contribution is -2.08. The molecule has 2 rings (SSSR count). The molecule has 0 radical (unpaired) electrons. The van der Waals surface area contributed by atoms with Crippen molar-refractivity contribution in [2.75, 3.05) is 13.2 Å². The van der Waals surface area contributed by atoms with E-state index in [0.717, 1.165) is 36.8 Å². The predicted octanol–water partition coefficient (Wildman–Crippen LogP) is 6.58. The fourth-order valence-corrected chi connectivity index (χ4v) is 2.92. The summed E-state index contributed by atoms with van der Waals surface area (Å²) in [6.07, 6.45) is 13.6. The van der Waals surface area contributed by atoms with E-state index in [1.807, 2.05) is 12.1 Å². The maximum Gasteiger partial charge on any atom is 0.214 e. The zero-order chi connectivity index (χ0) is 19.3. The first-order valence-corrected chi connectivity index (χ1v) is 10.2. The first kappa shape index (κ1) is 21.2. The average Bonchev–Trinajstić information content (AvgIpc) is 2.69. The first-order valence-electron chi connectivity index (χ1n) is 10.2. The Balaban J connectivity index is 1.76. The number of nitrogens with zero attached hydrogens (tertiary/aromatic N) is 1. The fourth-order valence-electron chi connectivity index (χ4n) is 2.92. The van der Waals surface area contributed by atoms with E-state index in [-0.39, 0.29) is 0 Å². The van der Waals surface area contributed by atoms with E-state index in [2.05, 4.69) is 55.8 Å². The van der Waals surface area contributed by atoms with Crippen LogP contribution < -0.4 is 4.74 Å². The second kappa shape index (κ2) is 12.3. The van der Waals surface area contributed by atoms with Gasteiger partial charge in [0.15, 0.2) is 0 Å². The highest BCUT2D eigenvalue weighted by molar-refractivity contribution is 5.81. The van der Waals surface area contributed by atoms with Crippen molar-refractivity contribution in [1.29, 1.82) is 0 Å². The molecule has 1 unspecified atom stereocenters. The third-order valence-corrected chi connectivity index (χ3v) is 4.48. The molecule has 1 heterocycles. The summed E-state index contributed by atoms with van der Waals surface area (Å²) >= 11 is 0. The molecule has 0 spiro atoms. The van der Waals surface area contributed by atoms with Gasteiger partial charge in [-0.25, -0.2) is 4.98 Å². The summed E-state index contributed by atoms with van der Waals surface area (Å²) in [7, 11) is 0. The molecule has 27 heavy (non-hydrogen) atoms. The van der Waals surface area contributed by atoms with Gasteiger partial charge < -0.3 is 9.47 Å². The minimum atomic E-state index is 0.361. The average molecular weight is 368 g/mol. The molecular weight excluding hydrogens is 334 g/mol. The van der Waals surface area contributed by atoms with E-state index in [9.17, 15) is 0 Å². The number of pyridine rings is 1. The lowest BCUT2D eigenvalue weighted by Gasteiger charge is -2.12. The Hall–Kier alpha value is -2.13. The normalized spacial score (nSPS) is 12.5. The molecule has 0 aliphatic rings. The van der Waals surface area contributed by atoms with E-state index in [1.165, 1.54) is 24.8 Å². The van der Waals surface area contributed by atoms with Crippen molar-refractivity contribution in [3.05, 3.63) is 54.6 Å². The van der Waals surface area contributed by atoms with Crippen LogP contribution in [0.3, 0.4) is 0 Å². The molecular formula is C24H33NO2. The van der Waals surface area contributed by atoms with E-state index in [0.29, 0.717) is 18.6 Å². The molecule has 0 saturated heterocycles. The van der Waals surface area contributed by atoms with Gasteiger partial charge in [0.25, 0.3) is 0 Å². The van der Waals surface area contributed by atoms with Crippen LogP contribution in [-0.2, 0) is 4.74 Å². The van der Waals surface area contributed by atoms with Crippen LogP contribution in [0.25, 0.3) is 17.0 Å². The molecule has 0 N–H and O–H groups in total. The molecule has 0 aliphatic carbocycles. The van der Waals surface area contributed by atoms with Crippen LogP contribution in [0.15, 0.2) is 49.1 Å². The van der Waals surface area contributed by atoms with Crippen LogP contribution in [0, 0.1) is 0 Å². The summed E-state index contributed by atoms with van der Waals surface area (Å²) in [6.45, 7) is 9.43. The lowest BCUT2D eigenvalue weighted by molar-refractivity contribution is 0.0566. The standard InChI is InChI=1S/C24H33NO2/c1-4-6-10-18-26-20(3)11-8-7-9-12-21-13-15-23-22(19-21)14-16-24(25-23)27-17-5-2/h5,9,12-16,19-20H,2,4,6-8,10-11,17-18H2,1,3H3. The summed E-state index contributed by atoms with van der Waals surface area (Å²) in [6, 6.07) is 10.3. The Kier molecular flexibility index (Phi) is 9.64. The predicted molar refractivity (Wildman–Crippen MR) is 115 cm³/mol. The summed E-state index contributed by atoms with van der Waals surface area (Å²) in [5.74, 6) is 0.636. The number of rotatable bonds is 13. The number of unbranched alkanes of at least 4 members (excludes halogenated alkanes) is 3. The van der Waals surface area contributed by atoms with Crippen molar-refractivity contribution in [2.45, 2.75) is 58.5 Å². The largest absolute Gasteiger partial charge is 0.473 e. The molecule has 0 amide bonds. The number of allylic oxidation sites excluding steroid dienone is 1. The third kappa shape index (κ3) is 7.96. The Labute approximate surface area is 164 Å². The van der Waals surface area contributed by atoms with Crippen LogP contribution in [-0.4, -0.2) is 24.3 Å². The minimum Gasteiger partial charge on any atom is -0.473 e. The molecule has 0 saturated carbocycles. The molecule has 3 nitrogen and oxygen atoms in total. The molecule has 146 valence electrons. The van der Waals surface area contributed by atoms with Gasteiger partial charge in [0.1, 0.15) is 6.61 Å². The Bertz CT molecular complexity index is 723. The molecule has 1 aromatic carbocycles. The van der Waals surface area contributed by atoms with Gasteiger partial charge in [0, 0.05) is 18.1 Å². The molecule has 0 fully saturated rings. The zero-order valence-corrected chi connectivity index (χ0v) is 16.8. The third-order valence-electron chi connectivity index (χ3n) is 4.48. The van der Waals surface area contributed by atoms with Gasteiger partial charge in [-0.05, 0) is 56.4 Å². The van der Waals surface area contributed by atoms with Gasteiger partial charge in [-0.2, -0.15) is 0 Å². The molecule has 0 bridgehead atoms. The maximum absolute atomic E-state index is 5.84. The second-order valence-corrected chi connectivity index (χ2v) is 6.92. The lowest BCUT2D eigenvalue weighted by atomic mass is 10.1. The van der Waals surface area contributed by atoms with Crippen molar-refractivity contribution in [3.63, 3.8) is 0 Å². The van der Waals surface area contributed by atoms with Gasteiger partial charge in [-0.1, -0.05) is 50.6 Å². The van der Waals surface area contributed by atoms with Crippen molar-refractivity contribution >= 4 is 17.0 Å². The van der Waals surface area contributed by atoms with Gasteiger partial charge in [0.2, 0.25) is 5.88 Å². The highest BCUT2D eigenvalue weighted by Gasteiger charge is 2.01. The fraction of sp³-hybridized carbons (Fsp3) is 0.458. The summed E-state index contributed by atoms with van der Waals surface area (Å²) < 4.78 is 11.3. The van der Waals surface area contributed by atoms with Crippen molar-refractivity contribution in [1.82, 2.24) is 4.98 Å². The monoisotopic (exact) mass is 367 g/mol. The number of hydrogen-bond donors (Lipinski definition) is 0. The van der Waals surface area contributed by atoms with Gasteiger partial charge >= 0.3 is 0 Å². The molecule has 0 aliphatic heterocycles. The number of aromatic nitrogens is 1. The van der Waals surface area contributed by atoms with Crippen molar-refractivity contribution < 1.29 is 9.47 Å². The Morgan fingerprint density at radius 1 is 1.15 bits per heavy atom. The van der Waals surface area contributed by atoms with E-state index in [4.69, 9.17) is 9.47 Å².